The van der Waals surface area contributed by atoms with Crippen LogP contribution in [0.4, 0.5) is 30.6 Å². The molecular formula is C23H21F3N4OS. The quantitative estimate of drug-likeness (QED) is 0.575. The van der Waals surface area contributed by atoms with Crippen LogP contribution >= 0.6 is 0 Å². The number of benzene rings is 2. The number of nitrogens with zero attached hydrogens (tertiary/aromatic N) is 3. The Morgan fingerprint density at radius 1 is 0.969 bits per heavy atom. The third-order valence-corrected chi connectivity index (χ3v) is 7.36. The monoisotopic (exact) mass is 458 g/mol. The van der Waals surface area contributed by atoms with Gasteiger partial charge in [-0.25, -0.2) is 18.2 Å². The Morgan fingerprint density at radius 2 is 1.72 bits per heavy atom. The zero-order valence-corrected chi connectivity index (χ0v) is 18.0. The molecule has 1 atom stereocenters. The van der Waals surface area contributed by atoms with Crippen molar-refractivity contribution in [3.8, 4) is 0 Å². The van der Waals surface area contributed by atoms with E-state index in [0.717, 1.165) is 11.8 Å². The molecule has 32 heavy (non-hydrogen) atoms. The van der Waals surface area contributed by atoms with Crippen LogP contribution in [0.3, 0.4) is 0 Å². The molecule has 1 aromatic heterocycles. The molecule has 2 aliphatic rings. The van der Waals surface area contributed by atoms with Crippen LogP contribution in [0.5, 0.6) is 0 Å². The van der Waals surface area contributed by atoms with Gasteiger partial charge in [0.2, 0.25) is 10.8 Å². The maximum atomic E-state index is 13.6. The number of aryl methyl sites for hydroxylation is 1. The van der Waals surface area contributed by atoms with Crippen molar-refractivity contribution >= 4 is 28.6 Å². The van der Waals surface area contributed by atoms with Gasteiger partial charge < -0.3 is 14.8 Å². The van der Waals surface area contributed by atoms with E-state index in [9.17, 15) is 17.7 Å². The first-order valence-electron chi connectivity index (χ1n) is 10.5. The maximum Gasteiger partial charge on any atom is 0.227 e. The Kier molecular flexibility index (Phi) is 5.69. The Labute approximate surface area is 186 Å². The minimum absolute atomic E-state index is 0.0586. The Bertz CT molecular complexity index is 1130. The summed E-state index contributed by atoms with van der Waals surface area (Å²) in [6, 6.07) is 9.70. The summed E-state index contributed by atoms with van der Waals surface area (Å²) in [6.45, 7) is 1.26. The summed E-state index contributed by atoms with van der Waals surface area (Å²) < 4.78 is 53.4. The third-order valence-electron chi connectivity index (χ3n) is 5.90. The lowest BCUT2D eigenvalue weighted by Gasteiger charge is -2.32. The molecule has 0 amide bonds. The van der Waals surface area contributed by atoms with Crippen molar-refractivity contribution in [3.05, 3.63) is 71.2 Å². The molecule has 166 valence electrons. The minimum Gasteiger partial charge on any atom is -0.611 e. The fourth-order valence-electron chi connectivity index (χ4n) is 4.34. The first-order valence-corrected chi connectivity index (χ1v) is 11.8. The molecule has 9 heteroatoms. The number of fused-ring (bicyclic) bond motifs is 1. The van der Waals surface area contributed by atoms with E-state index in [-0.39, 0.29) is 11.7 Å². The van der Waals surface area contributed by atoms with Gasteiger partial charge in [-0.3, -0.25) is 0 Å². The number of piperidine rings is 1. The van der Waals surface area contributed by atoms with E-state index >= 15 is 0 Å². The number of anilines is 3. The molecule has 1 N–H and O–H groups in total. The second kappa shape index (κ2) is 8.63. The topological polar surface area (TPSA) is 64.1 Å². The molecule has 0 saturated carbocycles. The minimum atomic E-state index is -1.21. The first-order chi connectivity index (χ1) is 15.5. The van der Waals surface area contributed by atoms with Crippen molar-refractivity contribution in [1.29, 1.82) is 0 Å². The Morgan fingerprint density at radius 3 is 2.44 bits per heavy atom. The van der Waals surface area contributed by atoms with Crippen LogP contribution in [0, 0.1) is 17.5 Å². The van der Waals surface area contributed by atoms with Crippen molar-refractivity contribution in [2.24, 2.45) is 0 Å². The number of rotatable bonds is 4. The van der Waals surface area contributed by atoms with E-state index < -0.39 is 22.8 Å². The van der Waals surface area contributed by atoms with Crippen LogP contribution in [0.2, 0.25) is 0 Å². The summed E-state index contributed by atoms with van der Waals surface area (Å²) in [7, 11) is 0. The Balaban J connectivity index is 1.38. The highest BCUT2D eigenvalue weighted by Crippen LogP contribution is 2.36. The molecule has 1 saturated heterocycles. The van der Waals surface area contributed by atoms with Gasteiger partial charge in [0.25, 0.3) is 0 Å². The third kappa shape index (κ3) is 4.27. The predicted molar refractivity (Wildman–Crippen MR) is 117 cm³/mol. The van der Waals surface area contributed by atoms with Gasteiger partial charge in [0, 0.05) is 31.3 Å². The average Bonchev–Trinajstić information content (AvgIpc) is 3.14. The summed E-state index contributed by atoms with van der Waals surface area (Å²) in [6.07, 6.45) is 2.01. The van der Waals surface area contributed by atoms with Gasteiger partial charge in [0.1, 0.15) is 28.9 Å². The van der Waals surface area contributed by atoms with Crippen LogP contribution in [0.15, 0.2) is 47.4 Å². The molecule has 1 unspecified atom stereocenters. The number of halogens is 3. The Hall–Kier alpha value is -2.78. The normalized spacial score (nSPS) is 18.6. The smallest absolute Gasteiger partial charge is 0.227 e. The second-order valence-electron chi connectivity index (χ2n) is 8.05. The number of hydrogen-bond acceptors (Lipinski definition) is 5. The van der Waals surface area contributed by atoms with Gasteiger partial charge in [-0.1, -0.05) is 6.07 Å². The highest BCUT2D eigenvalue weighted by Gasteiger charge is 2.33. The first kappa shape index (κ1) is 21.1. The fourth-order valence-corrected chi connectivity index (χ4v) is 5.64. The summed E-state index contributed by atoms with van der Waals surface area (Å²) in [4.78, 5) is 11.9. The van der Waals surface area contributed by atoms with Gasteiger partial charge >= 0.3 is 0 Å². The van der Waals surface area contributed by atoms with Crippen molar-refractivity contribution < 1.29 is 17.7 Å². The molecule has 2 aromatic carbocycles. The summed E-state index contributed by atoms with van der Waals surface area (Å²) in [5.41, 5.74) is 1.93. The predicted octanol–water partition coefficient (Wildman–Crippen LogP) is 4.69. The van der Waals surface area contributed by atoms with Crippen LogP contribution in [-0.2, 0) is 17.6 Å². The van der Waals surface area contributed by atoms with Gasteiger partial charge in [-0.2, -0.15) is 4.98 Å². The molecule has 0 spiro atoms. The number of aromatic nitrogens is 2. The highest BCUT2D eigenvalue weighted by atomic mass is 32.2. The van der Waals surface area contributed by atoms with Gasteiger partial charge in [0.05, 0.1) is 0 Å². The molecule has 1 fully saturated rings. The van der Waals surface area contributed by atoms with Crippen molar-refractivity contribution in [3.63, 3.8) is 0 Å². The lowest BCUT2D eigenvalue weighted by Crippen LogP contribution is -2.34. The van der Waals surface area contributed by atoms with E-state index in [2.05, 4.69) is 15.3 Å². The van der Waals surface area contributed by atoms with Crippen LogP contribution < -0.4 is 10.2 Å². The number of nitrogens with one attached hydrogen (secondary N) is 1. The standard InChI is InChI=1S/C23H21F3N4OS/c24-16-2-1-3-19(13-16)27-22-21-20(6-9-32(21)31)28-23(29-22)30-7-4-14(5-8-30)15-10-17(25)12-18(26)11-15/h1-3,10-14H,4-9H2,(H,27,28,29). The van der Waals surface area contributed by atoms with Crippen LogP contribution in [0.1, 0.15) is 30.0 Å². The molecule has 0 aliphatic carbocycles. The van der Waals surface area contributed by atoms with Crippen molar-refractivity contribution in [2.45, 2.75) is 30.1 Å². The fraction of sp³-hybridized carbons (Fsp3) is 0.304. The summed E-state index contributed by atoms with van der Waals surface area (Å²) >= 11 is -1.21. The second-order valence-corrected chi connectivity index (χ2v) is 9.55. The zero-order valence-electron chi connectivity index (χ0n) is 17.2. The van der Waals surface area contributed by atoms with Gasteiger partial charge in [-0.15, -0.1) is 0 Å². The van der Waals surface area contributed by atoms with E-state index in [1.165, 1.54) is 24.3 Å². The van der Waals surface area contributed by atoms with Crippen molar-refractivity contribution in [2.75, 3.05) is 29.1 Å². The molecule has 5 rings (SSSR count). The molecule has 2 aliphatic heterocycles. The van der Waals surface area contributed by atoms with Crippen LogP contribution in [0.25, 0.3) is 0 Å². The lowest BCUT2D eigenvalue weighted by molar-refractivity contribution is 0.491. The molecule has 3 aromatic rings. The number of hydrogen-bond donors (Lipinski definition) is 1. The van der Waals surface area contributed by atoms with Crippen LogP contribution in [-0.4, -0.2) is 33.4 Å². The van der Waals surface area contributed by atoms with Gasteiger partial charge in [-0.05, 0) is 65.8 Å². The lowest BCUT2D eigenvalue weighted by atomic mass is 9.89. The van der Waals surface area contributed by atoms with E-state index in [1.54, 1.807) is 12.1 Å². The molecule has 3 heterocycles. The maximum absolute atomic E-state index is 13.6. The van der Waals surface area contributed by atoms with Gasteiger partial charge in [0.15, 0.2) is 5.82 Å². The SMILES string of the molecule is [O-][S+]1CCc2nc(N3CCC(c4cc(F)cc(F)c4)CC3)nc(Nc3cccc(F)c3)c21. The van der Waals surface area contributed by atoms with E-state index in [4.69, 9.17) is 0 Å². The molecule has 0 radical (unpaired) electrons. The molecular weight excluding hydrogens is 437 g/mol. The van der Waals surface area contributed by atoms with Crippen molar-refractivity contribution in [1.82, 2.24) is 9.97 Å². The molecule has 0 bridgehead atoms. The zero-order chi connectivity index (χ0) is 22.2. The summed E-state index contributed by atoms with van der Waals surface area (Å²) in [5.74, 6) is -0.0124. The molecule has 5 nitrogen and oxygen atoms in total. The summed E-state index contributed by atoms with van der Waals surface area (Å²) in [5, 5.41) is 3.11. The average molecular weight is 459 g/mol. The van der Waals surface area contributed by atoms with E-state index in [0.29, 0.717) is 66.0 Å². The highest BCUT2D eigenvalue weighted by molar-refractivity contribution is 7.91. The van der Waals surface area contributed by atoms with E-state index in [1.807, 2.05) is 4.90 Å². The largest absolute Gasteiger partial charge is 0.611 e.